The van der Waals surface area contributed by atoms with Crippen molar-refractivity contribution in [2.45, 2.75) is 6.92 Å². The van der Waals surface area contributed by atoms with Crippen molar-refractivity contribution in [3.05, 3.63) is 52.8 Å². The van der Waals surface area contributed by atoms with Crippen molar-refractivity contribution in [3.8, 4) is 5.75 Å². The number of ether oxygens (including phenoxy) is 1. The summed E-state index contributed by atoms with van der Waals surface area (Å²) in [6.45, 7) is 1.76. The van der Waals surface area contributed by atoms with E-state index in [2.05, 4.69) is 15.5 Å². The van der Waals surface area contributed by atoms with Crippen molar-refractivity contribution in [2.24, 2.45) is 5.10 Å². The number of carbonyl (C=O) groups is 1. The van der Waals surface area contributed by atoms with Gasteiger partial charge in [0.05, 0.1) is 11.9 Å². The summed E-state index contributed by atoms with van der Waals surface area (Å²) < 4.78 is 5.39. The van der Waals surface area contributed by atoms with Crippen LogP contribution in [0.1, 0.15) is 11.3 Å². The smallest absolute Gasteiger partial charge is 0.277 e. The zero-order chi connectivity index (χ0) is 14.4. The number of aryl methyl sites for hydroxylation is 1. The van der Waals surface area contributed by atoms with Crippen molar-refractivity contribution in [1.29, 1.82) is 0 Å². The number of H-pyrrole nitrogens is 1. The number of nitrogens with one attached hydrogen (secondary N) is 2. The number of halogens is 1. The molecule has 0 aliphatic rings. The molecule has 1 amide bonds. The molecule has 0 aliphatic carbocycles. The Hall–Kier alpha value is -2.27. The fourth-order valence-corrected chi connectivity index (χ4v) is 1.78. The zero-order valence-corrected chi connectivity index (χ0v) is 11.6. The van der Waals surface area contributed by atoms with Crippen LogP contribution in [0, 0.1) is 6.92 Å². The van der Waals surface area contributed by atoms with Gasteiger partial charge >= 0.3 is 0 Å². The monoisotopic (exact) mass is 291 g/mol. The molecule has 0 unspecified atom stereocenters. The summed E-state index contributed by atoms with van der Waals surface area (Å²) in [5.74, 6) is 0.292. The van der Waals surface area contributed by atoms with Crippen LogP contribution in [0.5, 0.6) is 5.75 Å². The summed E-state index contributed by atoms with van der Waals surface area (Å²) in [5, 5.41) is 4.44. The van der Waals surface area contributed by atoms with E-state index >= 15 is 0 Å². The minimum absolute atomic E-state index is 0.107. The average molecular weight is 292 g/mol. The second-order valence-electron chi connectivity index (χ2n) is 4.12. The molecule has 0 aliphatic heterocycles. The molecule has 0 fully saturated rings. The van der Waals surface area contributed by atoms with Gasteiger partial charge < -0.3 is 9.72 Å². The van der Waals surface area contributed by atoms with Crippen LogP contribution in [0.25, 0.3) is 0 Å². The Balaban J connectivity index is 1.80. The molecule has 0 radical (unpaired) electrons. The summed E-state index contributed by atoms with van der Waals surface area (Å²) in [6.07, 6.45) is 3.29. The van der Waals surface area contributed by atoms with E-state index in [0.717, 1.165) is 11.3 Å². The number of nitrogens with zero attached hydrogens (tertiary/aromatic N) is 1. The third kappa shape index (κ3) is 4.13. The first-order valence-electron chi connectivity index (χ1n) is 5.99. The second kappa shape index (κ2) is 6.77. The highest BCUT2D eigenvalue weighted by molar-refractivity contribution is 6.30. The number of amides is 1. The Labute approximate surface area is 121 Å². The minimum Gasteiger partial charge on any atom is -0.483 e. The molecular weight excluding hydrogens is 278 g/mol. The Morgan fingerprint density at radius 2 is 2.35 bits per heavy atom. The standard InChI is InChI=1S/C14H14ClN3O2/c1-10-7-11(15)4-5-13(10)20-9-14(19)18-17-8-12-3-2-6-16-12/h2-8,16H,9H2,1H3,(H,18,19)/b17-8+. The first-order valence-corrected chi connectivity index (χ1v) is 6.37. The van der Waals surface area contributed by atoms with Crippen LogP contribution in [-0.4, -0.2) is 23.7 Å². The molecular formula is C14H14ClN3O2. The van der Waals surface area contributed by atoms with E-state index in [1.807, 2.05) is 19.1 Å². The predicted octanol–water partition coefficient (Wildman–Crippen LogP) is 2.51. The van der Waals surface area contributed by atoms with Gasteiger partial charge in [-0.15, -0.1) is 0 Å². The van der Waals surface area contributed by atoms with Crippen molar-refractivity contribution < 1.29 is 9.53 Å². The molecule has 1 aromatic carbocycles. The van der Waals surface area contributed by atoms with E-state index in [9.17, 15) is 4.79 Å². The highest BCUT2D eigenvalue weighted by Gasteiger charge is 2.04. The average Bonchev–Trinajstić information content (AvgIpc) is 2.91. The van der Waals surface area contributed by atoms with Crippen LogP contribution in [0.3, 0.4) is 0 Å². The van der Waals surface area contributed by atoms with Crippen LogP contribution in [0.4, 0.5) is 0 Å². The molecule has 2 N–H and O–H groups in total. The van der Waals surface area contributed by atoms with Crippen LogP contribution >= 0.6 is 11.6 Å². The molecule has 5 nitrogen and oxygen atoms in total. The number of aromatic nitrogens is 1. The van der Waals surface area contributed by atoms with E-state index in [4.69, 9.17) is 16.3 Å². The fourth-order valence-electron chi connectivity index (χ4n) is 1.55. The lowest BCUT2D eigenvalue weighted by atomic mass is 10.2. The lowest BCUT2D eigenvalue weighted by Crippen LogP contribution is -2.24. The van der Waals surface area contributed by atoms with E-state index in [-0.39, 0.29) is 12.5 Å². The van der Waals surface area contributed by atoms with Gasteiger partial charge in [-0.05, 0) is 42.8 Å². The molecule has 2 aromatic rings. The van der Waals surface area contributed by atoms with Crippen LogP contribution < -0.4 is 10.2 Å². The highest BCUT2D eigenvalue weighted by atomic mass is 35.5. The van der Waals surface area contributed by atoms with E-state index in [1.54, 1.807) is 24.4 Å². The number of carbonyl (C=O) groups excluding carboxylic acids is 1. The van der Waals surface area contributed by atoms with E-state index in [1.165, 1.54) is 6.21 Å². The van der Waals surface area contributed by atoms with Crippen molar-refractivity contribution >= 4 is 23.7 Å². The molecule has 0 spiro atoms. The molecule has 20 heavy (non-hydrogen) atoms. The van der Waals surface area contributed by atoms with Gasteiger partial charge in [0, 0.05) is 11.2 Å². The maximum atomic E-state index is 11.5. The Kier molecular flexibility index (Phi) is 4.79. The number of hydrogen-bond donors (Lipinski definition) is 2. The summed E-state index contributed by atoms with van der Waals surface area (Å²) in [6, 6.07) is 8.90. The van der Waals surface area contributed by atoms with Crippen LogP contribution in [0.15, 0.2) is 41.6 Å². The van der Waals surface area contributed by atoms with Gasteiger partial charge in [0.25, 0.3) is 5.91 Å². The van der Waals surface area contributed by atoms with Gasteiger partial charge in [-0.25, -0.2) is 5.43 Å². The Morgan fingerprint density at radius 3 is 3.05 bits per heavy atom. The van der Waals surface area contributed by atoms with Gasteiger partial charge in [0.15, 0.2) is 6.61 Å². The molecule has 0 saturated heterocycles. The first-order chi connectivity index (χ1) is 9.65. The van der Waals surface area contributed by atoms with Crippen LogP contribution in [0.2, 0.25) is 5.02 Å². The number of benzene rings is 1. The zero-order valence-electron chi connectivity index (χ0n) is 10.9. The topological polar surface area (TPSA) is 66.5 Å². The summed E-state index contributed by atoms with van der Waals surface area (Å²) >= 11 is 5.84. The van der Waals surface area contributed by atoms with Gasteiger partial charge in [0.1, 0.15) is 5.75 Å². The van der Waals surface area contributed by atoms with Crippen molar-refractivity contribution in [2.75, 3.05) is 6.61 Å². The van der Waals surface area contributed by atoms with Crippen molar-refractivity contribution in [1.82, 2.24) is 10.4 Å². The lowest BCUT2D eigenvalue weighted by Gasteiger charge is -2.08. The molecule has 0 saturated carbocycles. The van der Waals surface area contributed by atoms with Gasteiger partial charge in [-0.2, -0.15) is 5.10 Å². The number of rotatable bonds is 5. The van der Waals surface area contributed by atoms with Crippen LogP contribution in [-0.2, 0) is 4.79 Å². The van der Waals surface area contributed by atoms with E-state index < -0.39 is 0 Å². The molecule has 0 atom stereocenters. The summed E-state index contributed by atoms with van der Waals surface area (Å²) in [4.78, 5) is 14.5. The molecule has 0 bridgehead atoms. The fraction of sp³-hybridized carbons (Fsp3) is 0.143. The highest BCUT2D eigenvalue weighted by Crippen LogP contribution is 2.21. The van der Waals surface area contributed by atoms with Gasteiger partial charge in [-0.1, -0.05) is 11.6 Å². The van der Waals surface area contributed by atoms with Gasteiger partial charge in [-0.3, -0.25) is 4.79 Å². The predicted molar refractivity (Wildman–Crippen MR) is 78.2 cm³/mol. The Morgan fingerprint density at radius 1 is 1.50 bits per heavy atom. The minimum atomic E-state index is -0.331. The molecule has 1 aromatic heterocycles. The molecule has 104 valence electrons. The molecule has 2 rings (SSSR count). The Bertz CT molecular complexity index is 609. The quantitative estimate of drug-likeness (QED) is 0.656. The number of aromatic amines is 1. The third-order valence-corrected chi connectivity index (χ3v) is 2.75. The van der Waals surface area contributed by atoms with Crippen molar-refractivity contribution in [3.63, 3.8) is 0 Å². The third-order valence-electron chi connectivity index (χ3n) is 2.51. The van der Waals surface area contributed by atoms with E-state index in [0.29, 0.717) is 10.8 Å². The molecule has 1 heterocycles. The maximum Gasteiger partial charge on any atom is 0.277 e. The lowest BCUT2D eigenvalue weighted by molar-refractivity contribution is -0.123. The summed E-state index contributed by atoms with van der Waals surface area (Å²) in [7, 11) is 0. The largest absolute Gasteiger partial charge is 0.483 e. The SMILES string of the molecule is Cc1cc(Cl)ccc1OCC(=O)N/N=C/c1ccc[nH]1. The maximum absolute atomic E-state index is 11.5. The number of hydrogen-bond acceptors (Lipinski definition) is 3. The molecule has 6 heteroatoms. The second-order valence-corrected chi connectivity index (χ2v) is 4.55. The van der Waals surface area contributed by atoms with Gasteiger partial charge in [0.2, 0.25) is 0 Å². The normalized spacial score (nSPS) is 10.7. The number of hydrazone groups is 1. The summed E-state index contributed by atoms with van der Waals surface area (Å²) in [5.41, 5.74) is 4.06. The first kappa shape index (κ1) is 14.1.